The van der Waals surface area contributed by atoms with Crippen molar-refractivity contribution in [1.29, 1.82) is 0 Å². The van der Waals surface area contributed by atoms with E-state index in [0.717, 1.165) is 62.9 Å². The lowest BCUT2D eigenvalue weighted by molar-refractivity contribution is -0.120. The number of unbranched alkanes of at least 4 members (excludes halogenated alkanes) is 4. The van der Waals surface area contributed by atoms with Gasteiger partial charge in [0.05, 0.1) is 13.2 Å². The lowest BCUT2D eigenvalue weighted by Crippen LogP contribution is -2.16. The third-order valence-electron chi connectivity index (χ3n) is 5.52. The molecule has 0 bridgehead atoms. The van der Waals surface area contributed by atoms with Gasteiger partial charge in [0.1, 0.15) is 0 Å². The highest BCUT2D eigenvalue weighted by molar-refractivity contribution is 5.75. The van der Waals surface area contributed by atoms with Crippen LogP contribution in [0.15, 0.2) is 18.2 Å². The fourth-order valence-corrected chi connectivity index (χ4v) is 3.59. The van der Waals surface area contributed by atoms with Crippen molar-refractivity contribution in [3.05, 3.63) is 23.8 Å². The fourth-order valence-electron chi connectivity index (χ4n) is 3.59. The van der Waals surface area contributed by atoms with E-state index in [1.165, 1.54) is 12.0 Å². The van der Waals surface area contributed by atoms with Crippen LogP contribution in [0.4, 0.5) is 0 Å². The molecule has 0 aromatic heterocycles. The number of hydrogen-bond donors (Lipinski definition) is 2. The SMILES string of the molecule is CC[C@H](CCCCCCC(=O)NC)c1ccc(OCCCCN)c(OCCCOC)c1. The van der Waals surface area contributed by atoms with E-state index in [9.17, 15) is 4.79 Å². The molecule has 1 atom stereocenters. The molecule has 6 nitrogen and oxygen atoms in total. The molecule has 0 radical (unpaired) electrons. The Balaban J connectivity index is 2.63. The molecule has 0 heterocycles. The Morgan fingerprint density at radius 2 is 1.71 bits per heavy atom. The molecule has 0 saturated carbocycles. The number of benzene rings is 1. The molecule has 0 fully saturated rings. The maximum atomic E-state index is 11.3. The van der Waals surface area contributed by atoms with Gasteiger partial charge in [0.2, 0.25) is 5.91 Å². The van der Waals surface area contributed by atoms with Gasteiger partial charge in [-0.1, -0.05) is 32.3 Å². The van der Waals surface area contributed by atoms with Crippen LogP contribution < -0.4 is 20.5 Å². The number of hydrogen-bond acceptors (Lipinski definition) is 5. The predicted octanol–water partition coefficient (Wildman–Crippen LogP) is 4.80. The summed E-state index contributed by atoms with van der Waals surface area (Å²) >= 11 is 0. The third kappa shape index (κ3) is 12.0. The van der Waals surface area contributed by atoms with E-state index in [4.69, 9.17) is 19.9 Å². The molecule has 31 heavy (non-hydrogen) atoms. The summed E-state index contributed by atoms with van der Waals surface area (Å²) in [6, 6.07) is 6.39. The van der Waals surface area contributed by atoms with Gasteiger partial charge in [0.15, 0.2) is 11.5 Å². The molecule has 3 N–H and O–H groups in total. The average Bonchev–Trinajstić information content (AvgIpc) is 2.79. The number of nitrogens with two attached hydrogens (primary N) is 1. The molecule has 1 aromatic rings. The highest BCUT2D eigenvalue weighted by Crippen LogP contribution is 2.34. The van der Waals surface area contributed by atoms with E-state index in [-0.39, 0.29) is 5.91 Å². The largest absolute Gasteiger partial charge is 0.490 e. The summed E-state index contributed by atoms with van der Waals surface area (Å²) in [6.07, 6.45) is 10.0. The topological polar surface area (TPSA) is 82.8 Å². The number of methoxy groups -OCH3 is 1. The number of amides is 1. The highest BCUT2D eigenvalue weighted by atomic mass is 16.5. The Kier molecular flexibility index (Phi) is 15.7. The normalized spacial score (nSPS) is 11.9. The first-order valence-corrected chi connectivity index (χ1v) is 11.9. The van der Waals surface area contributed by atoms with E-state index in [0.29, 0.717) is 38.7 Å². The zero-order valence-electron chi connectivity index (χ0n) is 19.9. The summed E-state index contributed by atoms with van der Waals surface area (Å²) in [6.45, 7) is 4.87. The minimum absolute atomic E-state index is 0.134. The fraction of sp³-hybridized carbons (Fsp3) is 0.720. The van der Waals surface area contributed by atoms with Crippen LogP contribution in [-0.2, 0) is 9.53 Å². The van der Waals surface area contributed by atoms with Gasteiger partial charge in [-0.3, -0.25) is 4.79 Å². The molecule has 1 amide bonds. The van der Waals surface area contributed by atoms with Crippen molar-refractivity contribution in [3.63, 3.8) is 0 Å². The van der Waals surface area contributed by atoms with Crippen LogP contribution in [0.1, 0.15) is 82.6 Å². The second-order valence-electron chi connectivity index (χ2n) is 7.98. The molecule has 0 saturated heterocycles. The highest BCUT2D eigenvalue weighted by Gasteiger charge is 2.14. The molecular formula is C25H44N2O4. The minimum atomic E-state index is 0.134. The summed E-state index contributed by atoms with van der Waals surface area (Å²) in [4.78, 5) is 11.3. The van der Waals surface area contributed by atoms with Crippen LogP contribution in [0.25, 0.3) is 0 Å². The molecule has 0 aliphatic heterocycles. The van der Waals surface area contributed by atoms with E-state index >= 15 is 0 Å². The first-order valence-electron chi connectivity index (χ1n) is 11.9. The van der Waals surface area contributed by atoms with Gasteiger partial charge in [-0.25, -0.2) is 0 Å². The molecule has 0 aliphatic carbocycles. The Morgan fingerprint density at radius 1 is 0.968 bits per heavy atom. The van der Waals surface area contributed by atoms with Crippen molar-refractivity contribution in [2.45, 2.75) is 77.0 Å². The van der Waals surface area contributed by atoms with Gasteiger partial charge in [0.25, 0.3) is 0 Å². The van der Waals surface area contributed by atoms with Crippen molar-refractivity contribution in [2.24, 2.45) is 5.73 Å². The molecule has 0 unspecified atom stereocenters. The quantitative estimate of drug-likeness (QED) is 0.304. The average molecular weight is 437 g/mol. The van der Waals surface area contributed by atoms with Crippen LogP contribution in [0.2, 0.25) is 0 Å². The maximum absolute atomic E-state index is 11.3. The van der Waals surface area contributed by atoms with E-state index in [1.54, 1.807) is 14.2 Å². The number of ether oxygens (including phenoxy) is 3. The number of carbonyl (C=O) groups is 1. The van der Waals surface area contributed by atoms with E-state index < -0.39 is 0 Å². The van der Waals surface area contributed by atoms with Crippen molar-refractivity contribution in [1.82, 2.24) is 5.32 Å². The van der Waals surface area contributed by atoms with Gasteiger partial charge in [-0.2, -0.15) is 0 Å². The molecule has 0 spiro atoms. The number of carbonyl (C=O) groups excluding carboxylic acids is 1. The second-order valence-corrected chi connectivity index (χ2v) is 7.98. The maximum Gasteiger partial charge on any atom is 0.219 e. The predicted molar refractivity (Wildman–Crippen MR) is 127 cm³/mol. The zero-order valence-corrected chi connectivity index (χ0v) is 19.9. The zero-order chi connectivity index (χ0) is 22.7. The van der Waals surface area contributed by atoms with Gasteiger partial charge >= 0.3 is 0 Å². The third-order valence-corrected chi connectivity index (χ3v) is 5.52. The van der Waals surface area contributed by atoms with Crippen molar-refractivity contribution < 1.29 is 19.0 Å². The Bertz CT molecular complexity index is 595. The molecule has 0 aliphatic rings. The minimum Gasteiger partial charge on any atom is -0.490 e. The Labute approximate surface area is 189 Å². The summed E-state index contributed by atoms with van der Waals surface area (Å²) < 4.78 is 17.2. The van der Waals surface area contributed by atoms with E-state index in [2.05, 4.69) is 30.4 Å². The lowest BCUT2D eigenvalue weighted by atomic mass is 9.90. The molecule has 178 valence electrons. The summed E-state index contributed by atoms with van der Waals surface area (Å²) in [7, 11) is 3.40. The molecule has 6 heteroatoms. The molecule has 1 aromatic carbocycles. The van der Waals surface area contributed by atoms with Crippen molar-refractivity contribution in [2.75, 3.05) is 40.5 Å². The first-order chi connectivity index (χ1) is 15.2. The van der Waals surface area contributed by atoms with Gasteiger partial charge in [0, 0.05) is 33.6 Å². The summed E-state index contributed by atoms with van der Waals surface area (Å²) in [5, 5.41) is 2.68. The Morgan fingerprint density at radius 3 is 2.42 bits per heavy atom. The monoisotopic (exact) mass is 436 g/mol. The first kappa shape index (κ1) is 27.2. The van der Waals surface area contributed by atoms with E-state index in [1.807, 2.05) is 0 Å². The summed E-state index contributed by atoms with van der Waals surface area (Å²) in [5.41, 5.74) is 6.89. The summed E-state index contributed by atoms with van der Waals surface area (Å²) in [5.74, 6) is 2.27. The van der Waals surface area contributed by atoms with Crippen LogP contribution in [0.5, 0.6) is 11.5 Å². The van der Waals surface area contributed by atoms with Crippen molar-refractivity contribution in [3.8, 4) is 11.5 Å². The van der Waals surface area contributed by atoms with Gasteiger partial charge < -0.3 is 25.3 Å². The lowest BCUT2D eigenvalue weighted by Gasteiger charge is -2.19. The van der Waals surface area contributed by atoms with Crippen LogP contribution >= 0.6 is 0 Å². The van der Waals surface area contributed by atoms with Gasteiger partial charge in [-0.05, 0) is 62.3 Å². The smallest absolute Gasteiger partial charge is 0.219 e. The van der Waals surface area contributed by atoms with Crippen molar-refractivity contribution >= 4 is 5.91 Å². The van der Waals surface area contributed by atoms with Crippen LogP contribution in [0, 0.1) is 0 Å². The van der Waals surface area contributed by atoms with Crippen LogP contribution in [-0.4, -0.2) is 46.4 Å². The van der Waals surface area contributed by atoms with Gasteiger partial charge in [-0.15, -0.1) is 0 Å². The second kappa shape index (κ2) is 17.8. The molecular weight excluding hydrogens is 392 g/mol. The van der Waals surface area contributed by atoms with Crippen LogP contribution in [0.3, 0.4) is 0 Å². The number of rotatable bonds is 19. The molecule has 1 rings (SSSR count). The number of nitrogens with one attached hydrogen (secondary N) is 1. The standard InChI is InChI=1S/C25H44N2O4/c1-4-21(12-7-5-6-8-13-25(28)27-2)22-14-15-23(30-18-10-9-16-26)24(20-22)31-19-11-17-29-3/h14-15,20-21H,4-13,16-19,26H2,1-3H3,(H,27,28)/t21-/m1/s1. The Hall–Kier alpha value is -1.79.